The van der Waals surface area contributed by atoms with Crippen LogP contribution in [0.1, 0.15) is 12.0 Å². The van der Waals surface area contributed by atoms with Crippen LogP contribution in [0.2, 0.25) is 0 Å². The van der Waals surface area contributed by atoms with Gasteiger partial charge >= 0.3 is 0 Å². The van der Waals surface area contributed by atoms with Crippen molar-refractivity contribution in [1.82, 2.24) is 4.90 Å². The molecule has 2 rings (SSSR count). The number of amides is 1. The number of nitrogens with zero attached hydrogens (tertiary/aromatic N) is 1. The van der Waals surface area contributed by atoms with Crippen molar-refractivity contribution in [3.8, 4) is 0 Å². The average molecular weight is 245 g/mol. The third kappa shape index (κ3) is 2.46. The molecule has 1 aromatic carbocycles. The summed E-state index contributed by atoms with van der Waals surface area (Å²) in [6.45, 7) is 0. The Bertz CT molecular complexity index is 453. The Morgan fingerprint density at radius 2 is 2.06 bits per heavy atom. The van der Waals surface area contributed by atoms with E-state index in [0.717, 1.165) is 12.0 Å². The average Bonchev–Trinajstić information content (AvgIpc) is 3.12. The summed E-state index contributed by atoms with van der Waals surface area (Å²) in [5.74, 6) is 0.0898. The lowest BCUT2D eigenvalue weighted by Gasteiger charge is -2.14. The molecule has 2 atom stereocenters. The van der Waals surface area contributed by atoms with E-state index in [1.54, 1.807) is 26.1 Å². The number of rotatable bonds is 4. The first-order valence-electron chi connectivity index (χ1n) is 6.10. The molecule has 0 saturated heterocycles. The molecular weight excluding hydrogens is 226 g/mol. The molecule has 1 fully saturated rings. The van der Waals surface area contributed by atoms with Crippen molar-refractivity contribution < 1.29 is 9.53 Å². The van der Waals surface area contributed by atoms with Crippen LogP contribution < -0.4 is 0 Å². The molecule has 0 heterocycles. The quantitative estimate of drug-likeness (QED) is 0.814. The minimum atomic E-state index is -0.406. The smallest absolute Gasteiger partial charge is 0.228 e. The molecular formula is C15H19NO2. The molecule has 1 aliphatic rings. The van der Waals surface area contributed by atoms with Gasteiger partial charge in [-0.05, 0) is 12.0 Å². The predicted octanol–water partition coefficient (Wildman–Crippen LogP) is 2.19. The molecule has 0 aliphatic heterocycles. The second kappa shape index (κ2) is 4.94. The van der Waals surface area contributed by atoms with E-state index in [1.165, 1.54) is 0 Å². The summed E-state index contributed by atoms with van der Waals surface area (Å²) in [7, 11) is 5.22. The van der Waals surface area contributed by atoms with Crippen LogP contribution in [0.15, 0.2) is 36.4 Å². The summed E-state index contributed by atoms with van der Waals surface area (Å²) in [6.07, 6.45) is 4.80. The van der Waals surface area contributed by atoms with Crippen LogP contribution in [0.5, 0.6) is 0 Å². The molecule has 0 bridgehead atoms. The zero-order valence-corrected chi connectivity index (χ0v) is 11.1. The van der Waals surface area contributed by atoms with Crippen molar-refractivity contribution in [3.05, 3.63) is 42.0 Å². The van der Waals surface area contributed by atoms with Gasteiger partial charge in [-0.15, -0.1) is 0 Å². The highest BCUT2D eigenvalue weighted by Gasteiger charge is 2.57. The highest BCUT2D eigenvalue weighted by Crippen LogP contribution is 2.48. The highest BCUT2D eigenvalue weighted by molar-refractivity contribution is 5.84. The number of methoxy groups -OCH3 is 1. The van der Waals surface area contributed by atoms with E-state index in [2.05, 4.69) is 0 Å². The SMILES string of the molecule is CO[C@]1(/C=C/c2ccccc2)C[C@H]1C(=O)N(C)C. The zero-order valence-electron chi connectivity index (χ0n) is 11.1. The standard InChI is InChI=1S/C15H19NO2/c1-16(2)14(17)13-11-15(13,18-3)10-9-12-7-5-4-6-8-12/h4-10,13H,11H2,1-3H3/b10-9+/t13-,15+/m0/s1. The van der Waals surface area contributed by atoms with E-state index in [9.17, 15) is 4.79 Å². The van der Waals surface area contributed by atoms with Crippen LogP contribution in [0.4, 0.5) is 0 Å². The number of hydrogen-bond donors (Lipinski definition) is 0. The molecule has 1 aromatic rings. The normalized spacial score (nSPS) is 26.3. The fraction of sp³-hybridized carbons (Fsp3) is 0.400. The number of carbonyl (C=O) groups excluding carboxylic acids is 1. The van der Waals surface area contributed by atoms with Crippen molar-refractivity contribution in [3.63, 3.8) is 0 Å². The largest absolute Gasteiger partial charge is 0.373 e. The summed E-state index contributed by atoms with van der Waals surface area (Å²) in [5.41, 5.74) is 0.717. The lowest BCUT2D eigenvalue weighted by molar-refractivity contribution is -0.131. The Kier molecular flexibility index (Phi) is 3.53. The van der Waals surface area contributed by atoms with E-state index >= 15 is 0 Å². The van der Waals surface area contributed by atoms with Crippen LogP contribution in [-0.2, 0) is 9.53 Å². The minimum absolute atomic E-state index is 0.0440. The van der Waals surface area contributed by atoms with Crippen LogP contribution in [0.3, 0.4) is 0 Å². The van der Waals surface area contributed by atoms with Gasteiger partial charge < -0.3 is 9.64 Å². The van der Waals surface area contributed by atoms with E-state index in [1.807, 2.05) is 42.5 Å². The van der Waals surface area contributed by atoms with Crippen LogP contribution in [0.25, 0.3) is 6.08 Å². The Labute approximate surface area is 108 Å². The maximum atomic E-state index is 11.9. The van der Waals surface area contributed by atoms with Crippen LogP contribution >= 0.6 is 0 Å². The summed E-state index contributed by atoms with van der Waals surface area (Å²) < 4.78 is 5.52. The number of carbonyl (C=O) groups is 1. The maximum Gasteiger partial charge on any atom is 0.228 e. The molecule has 1 aliphatic carbocycles. The van der Waals surface area contributed by atoms with Gasteiger partial charge in [-0.25, -0.2) is 0 Å². The molecule has 1 saturated carbocycles. The third-order valence-electron chi connectivity index (χ3n) is 3.43. The van der Waals surface area contributed by atoms with Gasteiger partial charge in [0, 0.05) is 21.2 Å². The van der Waals surface area contributed by atoms with Gasteiger partial charge in [-0.1, -0.05) is 42.5 Å². The number of ether oxygens (including phenoxy) is 1. The molecule has 0 unspecified atom stereocenters. The number of benzene rings is 1. The monoisotopic (exact) mass is 245 g/mol. The van der Waals surface area contributed by atoms with Gasteiger partial charge in [0.25, 0.3) is 0 Å². The molecule has 3 heteroatoms. The topological polar surface area (TPSA) is 29.5 Å². The Balaban J connectivity index is 2.08. The van der Waals surface area contributed by atoms with Crippen molar-refractivity contribution in [2.75, 3.05) is 21.2 Å². The first-order valence-corrected chi connectivity index (χ1v) is 6.10. The van der Waals surface area contributed by atoms with Gasteiger partial charge in [0.15, 0.2) is 0 Å². The first-order chi connectivity index (χ1) is 8.59. The third-order valence-corrected chi connectivity index (χ3v) is 3.43. The van der Waals surface area contributed by atoms with Gasteiger partial charge in [-0.3, -0.25) is 4.79 Å². The molecule has 18 heavy (non-hydrogen) atoms. The minimum Gasteiger partial charge on any atom is -0.373 e. The fourth-order valence-electron chi connectivity index (χ4n) is 2.15. The lowest BCUT2D eigenvalue weighted by atomic mass is 10.1. The lowest BCUT2D eigenvalue weighted by Crippen LogP contribution is -2.28. The molecule has 3 nitrogen and oxygen atoms in total. The van der Waals surface area contributed by atoms with Crippen molar-refractivity contribution in [2.45, 2.75) is 12.0 Å². The van der Waals surface area contributed by atoms with Gasteiger partial charge in [0.1, 0.15) is 0 Å². The second-order valence-corrected chi connectivity index (χ2v) is 4.89. The van der Waals surface area contributed by atoms with Gasteiger partial charge in [0.05, 0.1) is 11.5 Å². The molecule has 0 aromatic heterocycles. The molecule has 96 valence electrons. The second-order valence-electron chi connectivity index (χ2n) is 4.89. The molecule has 0 spiro atoms. The summed E-state index contributed by atoms with van der Waals surface area (Å²) in [6, 6.07) is 10.0. The van der Waals surface area contributed by atoms with E-state index in [4.69, 9.17) is 4.74 Å². The van der Waals surface area contributed by atoms with E-state index in [0.29, 0.717) is 0 Å². The summed E-state index contributed by atoms with van der Waals surface area (Å²) in [4.78, 5) is 13.5. The summed E-state index contributed by atoms with van der Waals surface area (Å²) in [5, 5.41) is 0. The van der Waals surface area contributed by atoms with E-state index in [-0.39, 0.29) is 11.8 Å². The molecule has 0 N–H and O–H groups in total. The zero-order chi connectivity index (χ0) is 13.2. The van der Waals surface area contributed by atoms with Crippen LogP contribution in [-0.4, -0.2) is 37.6 Å². The van der Waals surface area contributed by atoms with Crippen molar-refractivity contribution in [1.29, 1.82) is 0 Å². The van der Waals surface area contributed by atoms with Gasteiger partial charge in [0.2, 0.25) is 5.91 Å². The first kappa shape index (κ1) is 12.8. The highest BCUT2D eigenvalue weighted by atomic mass is 16.5. The Morgan fingerprint density at radius 3 is 2.61 bits per heavy atom. The van der Waals surface area contributed by atoms with E-state index < -0.39 is 5.60 Å². The fourth-order valence-corrected chi connectivity index (χ4v) is 2.15. The maximum absolute atomic E-state index is 11.9. The van der Waals surface area contributed by atoms with Gasteiger partial charge in [-0.2, -0.15) is 0 Å². The summed E-state index contributed by atoms with van der Waals surface area (Å²) >= 11 is 0. The predicted molar refractivity (Wildman–Crippen MR) is 72.0 cm³/mol. The Hall–Kier alpha value is -1.61. The number of hydrogen-bond acceptors (Lipinski definition) is 2. The molecule has 1 amide bonds. The van der Waals surface area contributed by atoms with Crippen molar-refractivity contribution in [2.24, 2.45) is 5.92 Å². The van der Waals surface area contributed by atoms with Crippen molar-refractivity contribution >= 4 is 12.0 Å². The van der Waals surface area contributed by atoms with Crippen LogP contribution in [0, 0.1) is 5.92 Å². The molecule has 0 radical (unpaired) electrons. The Morgan fingerprint density at radius 1 is 1.39 bits per heavy atom.